The maximum atomic E-state index is 12.4. The molecule has 0 bridgehead atoms. The van der Waals surface area contributed by atoms with Crippen LogP contribution in [0.1, 0.15) is 11.8 Å². The molecule has 0 spiro atoms. The molecule has 0 radical (unpaired) electrons. The van der Waals surface area contributed by atoms with Crippen molar-refractivity contribution in [2.24, 2.45) is 5.92 Å². The lowest BCUT2D eigenvalue weighted by atomic mass is 10.1. The van der Waals surface area contributed by atoms with E-state index in [1.165, 1.54) is 17.4 Å². The highest BCUT2D eigenvalue weighted by atomic mass is 32.1. The molecular formula is C11H13F3N2S. The standard InChI is InChI=1S/C11H13F3N2S/c1-2-16(8-10-4-3-5-17-10)7-9(6-15)11(12,13)14/h3-5,9H,2,7-8H2,1H3. The number of alkyl halides is 3. The monoisotopic (exact) mass is 262 g/mol. The number of nitrogens with zero attached hydrogens (tertiary/aromatic N) is 2. The molecule has 0 N–H and O–H groups in total. The Balaban J connectivity index is 2.60. The molecule has 1 rings (SSSR count). The molecule has 0 saturated carbocycles. The van der Waals surface area contributed by atoms with Crippen molar-refractivity contribution >= 4 is 11.3 Å². The summed E-state index contributed by atoms with van der Waals surface area (Å²) in [7, 11) is 0. The number of halogens is 3. The molecule has 1 atom stereocenters. The van der Waals surface area contributed by atoms with Gasteiger partial charge in [0.1, 0.15) is 0 Å². The minimum atomic E-state index is -4.45. The van der Waals surface area contributed by atoms with Gasteiger partial charge >= 0.3 is 6.18 Å². The molecule has 17 heavy (non-hydrogen) atoms. The van der Waals surface area contributed by atoms with Crippen LogP contribution in [0, 0.1) is 17.2 Å². The van der Waals surface area contributed by atoms with Crippen LogP contribution in [0.2, 0.25) is 0 Å². The molecule has 0 aliphatic rings. The molecule has 0 aromatic carbocycles. The lowest BCUT2D eigenvalue weighted by Crippen LogP contribution is -2.35. The van der Waals surface area contributed by atoms with Crippen molar-refractivity contribution in [2.45, 2.75) is 19.6 Å². The predicted molar refractivity (Wildman–Crippen MR) is 60.4 cm³/mol. The average molecular weight is 262 g/mol. The molecule has 6 heteroatoms. The number of hydrogen-bond donors (Lipinski definition) is 0. The van der Waals surface area contributed by atoms with Crippen LogP contribution in [0.5, 0.6) is 0 Å². The van der Waals surface area contributed by atoms with Gasteiger partial charge in [-0.3, -0.25) is 4.90 Å². The fraction of sp³-hybridized carbons (Fsp3) is 0.545. The summed E-state index contributed by atoms with van der Waals surface area (Å²) in [5.41, 5.74) is 0. The quantitative estimate of drug-likeness (QED) is 0.814. The zero-order valence-electron chi connectivity index (χ0n) is 9.37. The topological polar surface area (TPSA) is 27.0 Å². The SMILES string of the molecule is CCN(Cc1cccs1)CC(C#N)C(F)(F)F. The molecule has 2 nitrogen and oxygen atoms in total. The first-order valence-electron chi connectivity index (χ1n) is 5.18. The fourth-order valence-electron chi connectivity index (χ4n) is 1.40. The van der Waals surface area contributed by atoms with Crippen molar-refractivity contribution in [3.8, 4) is 6.07 Å². The largest absolute Gasteiger partial charge is 0.405 e. The Morgan fingerprint density at radius 2 is 2.24 bits per heavy atom. The summed E-state index contributed by atoms with van der Waals surface area (Å²) in [6.07, 6.45) is -4.45. The van der Waals surface area contributed by atoms with E-state index in [9.17, 15) is 13.2 Å². The molecular weight excluding hydrogens is 249 g/mol. The van der Waals surface area contributed by atoms with Crippen LogP contribution in [-0.4, -0.2) is 24.2 Å². The summed E-state index contributed by atoms with van der Waals surface area (Å²) >= 11 is 1.50. The average Bonchev–Trinajstić information content (AvgIpc) is 2.74. The van der Waals surface area contributed by atoms with Gasteiger partial charge in [-0.1, -0.05) is 13.0 Å². The number of thiophene rings is 1. The smallest absolute Gasteiger partial charge is 0.297 e. The molecule has 1 aromatic rings. The molecule has 1 aromatic heterocycles. The Kier molecular flexibility index (Phi) is 4.97. The summed E-state index contributed by atoms with van der Waals surface area (Å²) in [6.45, 7) is 2.47. The predicted octanol–water partition coefficient (Wildman–Crippen LogP) is 3.27. The summed E-state index contributed by atoms with van der Waals surface area (Å²) in [5.74, 6) is -1.91. The van der Waals surface area contributed by atoms with Crippen LogP contribution in [0.4, 0.5) is 13.2 Å². The summed E-state index contributed by atoms with van der Waals surface area (Å²) in [4.78, 5) is 2.64. The molecule has 1 unspecified atom stereocenters. The van der Waals surface area contributed by atoms with E-state index in [0.717, 1.165) is 4.88 Å². The first-order valence-corrected chi connectivity index (χ1v) is 6.06. The molecule has 94 valence electrons. The highest BCUT2D eigenvalue weighted by Crippen LogP contribution is 2.27. The third-order valence-corrected chi connectivity index (χ3v) is 3.26. The Morgan fingerprint density at radius 1 is 1.53 bits per heavy atom. The van der Waals surface area contributed by atoms with E-state index in [4.69, 9.17) is 5.26 Å². The fourth-order valence-corrected chi connectivity index (χ4v) is 2.15. The van der Waals surface area contributed by atoms with Crippen molar-refractivity contribution in [1.82, 2.24) is 4.90 Å². The van der Waals surface area contributed by atoms with E-state index in [1.54, 1.807) is 11.8 Å². The molecule has 0 saturated heterocycles. The highest BCUT2D eigenvalue weighted by molar-refractivity contribution is 7.09. The van der Waals surface area contributed by atoms with E-state index >= 15 is 0 Å². The Hall–Kier alpha value is -1.06. The Bertz CT molecular complexity index is 367. The molecule has 0 amide bonds. The van der Waals surface area contributed by atoms with Gasteiger partial charge in [0.2, 0.25) is 0 Å². The van der Waals surface area contributed by atoms with Crippen LogP contribution in [0.3, 0.4) is 0 Å². The van der Waals surface area contributed by atoms with E-state index in [0.29, 0.717) is 13.1 Å². The molecule has 0 aliphatic carbocycles. The van der Waals surface area contributed by atoms with Crippen LogP contribution >= 0.6 is 11.3 Å². The highest BCUT2D eigenvalue weighted by Gasteiger charge is 2.40. The third kappa shape index (κ3) is 4.36. The Morgan fingerprint density at radius 3 is 2.65 bits per heavy atom. The van der Waals surface area contributed by atoms with E-state index in [1.807, 2.05) is 17.5 Å². The first kappa shape index (κ1) is 14.0. The van der Waals surface area contributed by atoms with Crippen molar-refractivity contribution < 1.29 is 13.2 Å². The summed E-state index contributed by atoms with van der Waals surface area (Å²) < 4.78 is 37.3. The second kappa shape index (κ2) is 6.03. The van der Waals surface area contributed by atoms with Crippen LogP contribution < -0.4 is 0 Å². The Labute approximate surface area is 102 Å². The van der Waals surface area contributed by atoms with Gasteiger partial charge in [-0.25, -0.2) is 0 Å². The normalized spacial score (nSPS) is 13.6. The van der Waals surface area contributed by atoms with Crippen LogP contribution in [0.25, 0.3) is 0 Å². The van der Waals surface area contributed by atoms with Crippen LogP contribution in [-0.2, 0) is 6.54 Å². The number of nitriles is 1. The second-order valence-electron chi connectivity index (χ2n) is 3.63. The molecule has 0 aliphatic heterocycles. The second-order valence-corrected chi connectivity index (χ2v) is 4.66. The van der Waals surface area contributed by atoms with Gasteiger partial charge in [-0.05, 0) is 18.0 Å². The van der Waals surface area contributed by atoms with Gasteiger partial charge in [-0.2, -0.15) is 18.4 Å². The maximum absolute atomic E-state index is 12.4. The van der Waals surface area contributed by atoms with Gasteiger partial charge in [-0.15, -0.1) is 11.3 Å². The summed E-state index contributed by atoms with van der Waals surface area (Å²) in [6, 6.07) is 5.06. The van der Waals surface area contributed by atoms with Crippen molar-refractivity contribution in [3.05, 3.63) is 22.4 Å². The van der Waals surface area contributed by atoms with Gasteiger partial charge < -0.3 is 0 Å². The zero-order chi connectivity index (χ0) is 12.9. The van der Waals surface area contributed by atoms with E-state index in [-0.39, 0.29) is 6.54 Å². The van der Waals surface area contributed by atoms with Crippen molar-refractivity contribution in [1.29, 1.82) is 5.26 Å². The maximum Gasteiger partial charge on any atom is 0.405 e. The van der Waals surface area contributed by atoms with Crippen molar-refractivity contribution in [3.63, 3.8) is 0 Å². The lowest BCUT2D eigenvalue weighted by molar-refractivity contribution is -0.163. The van der Waals surface area contributed by atoms with Crippen LogP contribution in [0.15, 0.2) is 17.5 Å². The summed E-state index contributed by atoms with van der Waals surface area (Å²) in [5, 5.41) is 10.4. The van der Waals surface area contributed by atoms with Gasteiger partial charge in [0.25, 0.3) is 0 Å². The number of rotatable bonds is 5. The molecule has 0 fully saturated rings. The van der Waals surface area contributed by atoms with Gasteiger partial charge in [0.05, 0.1) is 6.07 Å². The lowest BCUT2D eigenvalue weighted by Gasteiger charge is -2.23. The minimum absolute atomic E-state index is 0.269. The van der Waals surface area contributed by atoms with Gasteiger partial charge in [0.15, 0.2) is 5.92 Å². The van der Waals surface area contributed by atoms with E-state index in [2.05, 4.69) is 0 Å². The minimum Gasteiger partial charge on any atom is -0.297 e. The zero-order valence-corrected chi connectivity index (χ0v) is 10.2. The van der Waals surface area contributed by atoms with Gasteiger partial charge in [0, 0.05) is 18.0 Å². The van der Waals surface area contributed by atoms with E-state index < -0.39 is 12.1 Å². The number of hydrogen-bond acceptors (Lipinski definition) is 3. The first-order chi connectivity index (χ1) is 7.97. The molecule has 1 heterocycles. The van der Waals surface area contributed by atoms with Crippen molar-refractivity contribution in [2.75, 3.05) is 13.1 Å². The third-order valence-electron chi connectivity index (χ3n) is 2.40.